The van der Waals surface area contributed by atoms with Crippen molar-refractivity contribution in [1.82, 2.24) is 9.47 Å². The Kier molecular flexibility index (Phi) is 3.62. The molecule has 0 bridgehead atoms. The molecule has 4 rings (SSSR count). The summed E-state index contributed by atoms with van der Waals surface area (Å²) in [5, 5.41) is 19.2. The van der Waals surface area contributed by atoms with Crippen LogP contribution in [0.5, 0.6) is 5.75 Å². The highest BCUT2D eigenvalue weighted by molar-refractivity contribution is 6.13. The lowest BCUT2D eigenvalue weighted by molar-refractivity contribution is 0.0366. The summed E-state index contributed by atoms with van der Waals surface area (Å²) >= 11 is 0. The molecule has 122 valence electrons. The normalized spacial score (nSPS) is 22.0. The molecule has 23 heavy (non-hydrogen) atoms. The van der Waals surface area contributed by atoms with Gasteiger partial charge in [0, 0.05) is 53.9 Å². The van der Waals surface area contributed by atoms with Crippen molar-refractivity contribution >= 4 is 16.6 Å². The molecule has 1 unspecified atom stereocenters. The van der Waals surface area contributed by atoms with Gasteiger partial charge in [-0.1, -0.05) is 0 Å². The highest BCUT2D eigenvalue weighted by Crippen LogP contribution is 2.42. The van der Waals surface area contributed by atoms with Crippen LogP contribution in [0.15, 0.2) is 18.2 Å². The third kappa shape index (κ3) is 2.44. The van der Waals surface area contributed by atoms with Crippen molar-refractivity contribution in [3.63, 3.8) is 0 Å². The molecule has 1 aliphatic heterocycles. The van der Waals surface area contributed by atoms with Gasteiger partial charge in [-0.2, -0.15) is 0 Å². The van der Waals surface area contributed by atoms with Crippen molar-refractivity contribution in [2.45, 2.75) is 18.8 Å². The summed E-state index contributed by atoms with van der Waals surface area (Å²) in [6.45, 7) is 4.76. The van der Waals surface area contributed by atoms with Gasteiger partial charge in [0.1, 0.15) is 5.75 Å². The van der Waals surface area contributed by atoms with Crippen molar-refractivity contribution in [3.8, 4) is 5.75 Å². The van der Waals surface area contributed by atoms with Gasteiger partial charge in [-0.05, 0) is 37.6 Å². The van der Waals surface area contributed by atoms with Gasteiger partial charge in [0.05, 0.1) is 13.2 Å². The molecule has 1 fully saturated rings. The molecule has 2 aromatic rings. The zero-order chi connectivity index (χ0) is 16.0. The van der Waals surface area contributed by atoms with Crippen molar-refractivity contribution in [1.29, 1.82) is 5.41 Å². The summed E-state index contributed by atoms with van der Waals surface area (Å²) in [6, 6.07) is 5.48. The van der Waals surface area contributed by atoms with E-state index in [2.05, 4.69) is 16.5 Å². The van der Waals surface area contributed by atoms with Gasteiger partial charge in [0.15, 0.2) is 0 Å². The SMILES string of the molecule is Cn1c2c(c3cc(O)ccc31)C(=N)CC2CCN1CCOCC1. The second kappa shape index (κ2) is 5.65. The first-order valence-electron chi connectivity index (χ1n) is 8.34. The average molecular weight is 313 g/mol. The highest BCUT2D eigenvalue weighted by Gasteiger charge is 2.32. The summed E-state index contributed by atoms with van der Waals surface area (Å²) in [5.74, 6) is 0.676. The van der Waals surface area contributed by atoms with Gasteiger partial charge in [-0.3, -0.25) is 4.90 Å². The van der Waals surface area contributed by atoms with Crippen LogP contribution in [0.1, 0.15) is 30.0 Å². The van der Waals surface area contributed by atoms with E-state index in [4.69, 9.17) is 10.1 Å². The molecule has 2 aliphatic rings. The van der Waals surface area contributed by atoms with Crippen molar-refractivity contribution in [3.05, 3.63) is 29.5 Å². The topological polar surface area (TPSA) is 61.5 Å². The Bertz CT molecular complexity index is 759. The average Bonchev–Trinajstić information content (AvgIpc) is 3.03. The number of benzene rings is 1. The number of hydrogen-bond acceptors (Lipinski definition) is 4. The van der Waals surface area contributed by atoms with Crippen LogP contribution in [0.4, 0.5) is 0 Å². The lowest BCUT2D eigenvalue weighted by Crippen LogP contribution is -2.37. The molecule has 1 aliphatic carbocycles. The minimum absolute atomic E-state index is 0.274. The fourth-order valence-electron chi connectivity index (χ4n) is 4.09. The molecule has 5 heteroatoms. The second-order valence-corrected chi connectivity index (χ2v) is 6.64. The summed E-state index contributed by atoms with van der Waals surface area (Å²) in [4.78, 5) is 2.46. The zero-order valence-corrected chi connectivity index (χ0v) is 13.5. The number of aryl methyl sites for hydroxylation is 1. The van der Waals surface area contributed by atoms with E-state index in [0.29, 0.717) is 11.6 Å². The van der Waals surface area contributed by atoms with E-state index in [1.807, 2.05) is 6.07 Å². The minimum atomic E-state index is 0.274. The van der Waals surface area contributed by atoms with Crippen LogP contribution in [0.3, 0.4) is 0 Å². The van der Waals surface area contributed by atoms with Crippen LogP contribution >= 0.6 is 0 Å². The number of ether oxygens (including phenoxy) is 1. The van der Waals surface area contributed by atoms with E-state index in [1.54, 1.807) is 12.1 Å². The Morgan fingerprint density at radius 3 is 2.87 bits per heavy atom. The smallest absolute Gasteiger partial charge is 0.116 e. The van der Waals surface area contributed by atoms with E-state index < -0.39 is 0 Å². The summed E-state index contributed by atoms with van der Waals surface area (Å²) in [6.07, 6.45) is 1.89. The monoisotopic (exact) mass is 313 g/mol. The number of nitrogens with zero attached hydrogens (tertiary/aromatic N) is 2. The lowest BCUT2D eigenvalue weighted by Gasteiger charge is -2.27. The van der Waals surface area contributed by atoms with Crippen molar-refractivity contribution in [2.75, 3.05) is 32.8 Å². The molecule has 0 saturated carbocycles. The first-order valence-corrected chi connectivity index (χ1v) is 8.34. The number of morpholine rings is 1. The highest BCUT2D eigenvalue weighted by atomic mass is 16.5. The predicted molar refractivity (Wildman–Crippen MR) is 90.6 cm³/mol. The van der Waals surface area contributed by atoms with Crippen LogP contribution in [0, 0.1) is 5.41 Å². The second-order valence-electron chi connectivity index (χ2n) is 6.64. The molecule has 1 aromatic carbocycles. The summed E-state index contributed by atoms with van der Waals surface area (Å²) < 4.78 is 7.63. The maximum atomic E-state index is 9.80. The number of aromatic hydroxyl groups is 1. The van der Waals surface area contributed by atoms with E-state index in [-0.39, 0.29) is 5.75 Å². The first-order chi connectivity index (χ1) is 11.1. The maximum Gasteiger partial charge on any atom is 0.116 e. The Morgan fingerprint density at radius 1 is 1.30 bits per heavy atom. The van der Waals surface area contributed by atoms with Gasteiger partial charge in [0.25, 0.3) is 0 Å². The third-order valence-corrected chi connectivity index (χ3v) is 5.26. The quantitative estimate of drug-likeness (QED) is 0.915. The van der Waals surface area contributed by atoms with E-state index in [0.717, 1.165) is 62.2 Å². The van der Waals surface area contributed by atoms with Gasteiger partial charge in [-0.15, -0.1) is 0 Å². The van der Waals surface area contributed by atoms with E-state index >= 15 is 0 Å². The molecule has 2 heterocycles. The largest absolute Gasteiger partial charge is 0.508 e. The van der Waals surface area contributed by atoms with Crippen molar-refractivity contribution < 1.29 is 9.84 Å². The lowest BCUT2D eigenvalue weighted by atomic mass is 10.0. The minimum Gasteiger partial charge on any atom is -0.508 e. The predicted octanol–water partition coefficient (Wildman–Crippen LogP) is 2.46. The van der Waals surface area contributed by atoms with Crippen LogP contribution < -0.4 is 0 Å². The fraction of sp³-hybridized carbons (Fsp3) is 0.500. The number of nitrogens with one attached hydrogen (secondary N) is 1. The number of fused-ring (bicyclic) bond motifs is 3. The van der Waals surface area contributed by atoms with Crippen LogP contribution in [-0.4, -0.2) is 53.1 Å². The Balaban J connectivity index is 1.63. The molecule has 2 N–H and O–H groups in total. The molecule has 5 nitrogen and oxygen atoms in total. The standard InChI is InChI=1S/C18H23N3O2/c1-20-16-3-2-13(22)11-14(16)17-15(19)10-12(18(17)20)4-5-21-6-8-23-9-7-21/h2-3,11-12,19,22H,4-10H2,1H3. The van der Waals surface area contributed by atoms with Gasteiger partial charge in [-0.25, -0.2) is 0 Å². The van der Waals surface area contributed by atoms with Gasteiger partial charge < -0.3 is 19.8 Å². The zero-order valence-electron chi connectivity index (χ0n) is 13.5. The summed E-state index contributed by atoms with van der Waals surface area (Å²) in [5.41, 5.74) is 4.13. The number of rotatable bonds is 3. The van der Waals surface area contributed by atoms with E-state index in [1.165, 1.54) is 5.69 Å². The third-order valence-electron chi connectivity index (χ3n) is 5.26. The Hall–Kier alpha value is -1.85. The first kappa shape index (κ1) is 14.7. The van der Waals surface area contributed by atoms with Crippen molar-refractivity contribution in [2.24, 2.45) is 7.05 Å². The molecule has 1 aromatic heterocycles. The van der Waals surface area contributed by atoms with Crippen LogP contribution in [-0.2, 0) is 11.8 Å². The molecular formula is C18H23N3O2. The number of phenolic OH excluding ortho intramolecular Hbond substituents is 1. The van der Waals surface area contributed by atoms with Crippen LogP contribution in [0.25, 0.3) is 10.9 Å². The number of phenols is 1. The summed E-state index contributed by atoms with van der Waals surface area (Å²) in [7, 11) is 2.08. The Labute approximate surface area is 136 Å². The Morgan fingerprint density at radius 2 is 2.09 bits per heavy atom. The number of aromatic nitrogens is 1. The van der Waals surface area contributed by atoms with Gasteiger partial charge >= 0.3 is 0 Å². The molecule has 0 amide bonds. The molecular weight excluding hydrogens is 290 g/mol. The molecule has 0 spiro atoms. The molecule has 1 atom stereocenters. The molecule has 1 saturated heterocycles. The molecule has 0 radical (unpaired) electrons. The maximum absolute atomic E-state index is 9.80. The number of hydrogen-bond donors (Lipinski definition) is 2. The van der Waals surface area contributed by atoms with Gasteiger partial charge in [0.2, 0.25) is 0 Å². The van der Waals surface area contributed by atoms with Crippen LogP contribution in [0.2, 0.25) is 0 Å². The fourth-order valence-corrected chi connectivity index (χ4v) is 4.09. The van der Waals surface area contributed by atoms with E-state index in [9.17, 15) is 5.11 Å².